The molecule has 4 saturated carbocycles. The number of hydrogen-bond donors (Lipinski definition) is 1. The predicted octanol–water partition coefficient (Wildman–Crippen LogP) is 3.64. The van der Waals surface area contributed by atoms with E-state index in [9.17, 15) is 14.4 Å². The molecule has 1 aromatic carbocycles. The number of carbonyl (C=O) groups excluding carboxylic acids is 3. The third kappa shape index (κ3) is 3.10. The van der Waals surface area contributed by atoms with E-state index in [1.54, 1.807) is 24.3 Å². The van der Waals surface area contributed by atoms with Crippen LogP contribution in [-0.4, -0.2) is 34.7 Å². The van der Waals surface area contributed by atoms with Crippen molar-refractivity contribution >= 4 is 17.7 Å². The maximum atomic E-state index is 13.4. The number of nitrogens with one attached hydrogen (secondary N) is 1. The van der Waals surface area contributed by atoms with Gasteiger partial charge in [-0.2, -0.15) is 0 Å². The van der Waals surface area contributed by atoms with Crippen LogP contribution in [0.4, 0.5) is 0 Å². The lowest BCUT2D eigenvalue weighted by molar-refractivity contribution is -0.129. The molecule has 5 aliphatic rings. The quantitative estimate of drug-likeness (QED) is 0.776. The van der Waals surface area contributed by atoms with Crippen molar-refractivity contribution in [3.05, 3.63) is 35.4 Å². The van der Waals surface area contributed by atoms with Crippen molar-refractivity contribution in [2.75, 3.05) is 0 Å². The van der Waals surface area contributed by atoms with Crippen molar-refractivity contribution in [3.8, 4) is 0 Å². The first kappa shape index (κ1) is 18.8. The van der Waals surface area contributed by atoms with Crippen LogP contribution >= 0.6 is 0 Å². The zero-order valence-corrected chi connectivity index (χ0v) is 17.3. The molecule has 0 saturated heterocycles. The lowest BCUT2D eigenvalue weighted by Gasteiger charge is -2.54. The van der Waals surface area contributed by atoms with Gasteiger partial charge in [0.1, 0.15) is 6.04 Å². The molecule has 29 heavy (non-hydrogen) atoms. The summed E-state index contributed by atoms with van der Waals surface area (Å²) < 4.78 is 0. The fraction of sp³-hybridized carbons (Fsp3) is 0.625. The molecule has 1 aliphatic heterocycles. The molecule has 1 atom stereocenters. The highest BCUT2D eigenvalue weighted by atomic mass is 16.2. The first-order valence-electron chi connectivity index (χ1n) is 11.2. The zero-order valence-electron chi connectivity index (χ0n) is 17.3. The van der Waals surface area contributed by atoms with Crippen LogP contribution in [0.1, 0.15) is 73.1 Å². The fourth-order valence-corrected chi connectivity index (χ4v) is 6.69. The van der Waals surface area contributed by atoms with E-state index in [-0.39, 0.29) is 29.7 Å². The van der Waals surface area contributed by atoms with E-state index >= 15 is 0 Å². The van der Waals surface area contributed by atoms with Gasteiger partial charge in [-0.25, -0.2) is 0 Å². The molecular formula is C24H30N2O3. The van der Waals surface area contributed by atoms with Gasteiger partial charge < -0.3 is 5.32 Å². The number of hydrogen-bond acceptors (Lipinski definition) is 3. The lowest BCUT2D eigenvalue weighted by Crippen LogP contribution is -2.59. The number of imide groups is 1. The number of benzene rings is 1. The molecule has 4 bridgehead atoms. The highest BCUT2D eigenvalue weighted by Gasteiger charge is 2.50. The van der Waals surface area contributed by atoms with Crippen molar-refractivity contribution in [1.29, 1.82) is 0 Å². The molecule has 1 heterocycles. The van der Waals surface area contributed by atoms with E-state index in [0.29, 0.717) is 29.4 Å². The molecule has 154 valence electrons. The third-order valence-corrected chi connectivity index (χ3v) is 7.67. The number of nitrogens with zero attached hydrogens (tertiary/aromatic N) is 1. The normalized spacial score (nSPS) is 33.3. The molecule has 4 aliphatic carbocycles. The minimum absolute atomic E-state index is 0.148. The van der Waals surface area contributed by atoms with Crippen molar-refractivity contribution < 1.29 is 14.4 Å². The molecular weight excluding hydrogens is 364 g/mol. The number of rotatable bonds is 5. The van der Waals surface area contributed by atoms with Crippen molar-refractivity contribution in [3.63, 3.8) is 0 Å². The summed E-state index contributed by atoms with van der Waals surface area (Å²) >= 11 is 0. The van der Waals surface area contributed by atoms with Crippen LogP contribution < -0.4 is 5.32 Å². The smallest absolute Gasteiger partial charge is 0.262 e. The summed E-state index contributed by atoms with van der Waals surface area (Å²) in [6, 6.07) is 6.36. The molecule has 4 fully saturated rings. The van der Waals surface area contributed by atoms with Gasteiger partial charge in [-0.1, -0.05) is 26.0 Å². The second-order valence-corrected chi connectivity index (χ2v) is 10.1. The van der Waals surface area contributed by atoms with Crippen LogP contribution in [-0.2, 0) is 4.79 Å². The summed E-state index contributed by atoms with van der Waals surface area (Å²) in [5.74, 6) is 2.20. The lowest BCUT2D eigenvalue weighted by atomic mass is 9.54. The van der Waals surface area contributed by atoms with Gasteiger partial charge in [-0.05, 0) is 80.2 Å². The highest BCUT2D eigenvalue weighted by molar-refractivity contribution is 6.22. The molecule has 1 N–H and O–H groups in total. The summed E-state index contributed by atoms with van der Waals surface area (Å²) in [6.45, 7) is 4.06. The Labute approximate surface area is 172 Å². The summed E-state index contributed by atoms with van der Waals surface area (Å²) in [5.41, 5.74) is 0.822. The number of amides is 3. The highest BCUT2D eigenvalue weighted by Crippen LogP contribution is 2.53. The van der Waals surface area contributed by atoms with Gasteiger partial charge in [0.15, 0.2) is 0 Å². The fourth-order valence-electron chi connectivity index (χ4n) is 6.69. The average Bonchev–Trinajstić information content (AvgIpc) is 2.93. The van der Waals surface area contributed by atoms with E-state index in [1.165, 1.54) is 37.0 Å². The minimum atomic E-state index is -0.736. The molecule has 6 rings (SSSR count). The van der Waals surface area contributed by atoms with Gasteiger partial charge in [0, 0.05) is 6.04 Å². The van der Waals surface area contributed by atoms with Crippen LogP contribution in [0.25, 0.3) is 0 Å². The first-order chi connectivity index (χ1) is 13.9. The summed E-state index contributed by atoms with van der Waals surface area (Å²) in [5, 5.41) is 3.33. The van der Waals surface area contributed by atoms with E-state index in [4.69, 9.17) is 0 Å². The molecule has 3 amide bonds. The molecule has 0 radical (unpaired) electrons. The van der Waals surface area contributed by atoms with Gasteiger partial charge in [-0.15, -0.1) is 0 Å². The number of carbonyl (C=O) groups is 3. The van der Waals surface area contributed by atoms with Crippen LogP contribution in [0.2, 0.25) is 0 Å². The second-order valence-electron chi connectivity index (χ2n) is 10.1. The Morgan fingerprint density at radius 1 is 0.966 bits per heavy atom. The molecule has 0 spiro atoms. The standard InChI is InChI=1S/C24H30N2O3/c1-13(2)7-20(26-23(28)18-5-3-4-6-19(18)24(26)29)22(27)25-21-16-9-14-8-15(11-16)12-17(21)10-14/h3-6,13-17,20-21H,7-12H2,1-2H3,(H,25,27)/t14?,15?,16?,17?,20-,21?/m1/s1. The molecule has 0 aromatic heterocycles. The van der Waals surface area contributed by atoms with Gasteiger partial charge in [-0.3, -0.25) is 19.3 Å². The van der Waals surface area contributed by atoms with E-state index in [2.05, 4.69) is 5.32 Å². The zero-order chi connectivity index (χ0) is 20.3. The Balaban J connectivity index is 1.38. The van der Waals surface area contributed by atoms with Crippen LogP contribution in [0.3, 0.4) is 0 Å². The SMILES string of the molecule is CC(C)C[C@H](C(=O)NC1C2CC3CC(C2)CC1C3)N1C(=O)c2ccccc2C1=O. The summed E-state index contributed by atoms with van der Waals surface area (Å²) in [7, 11) is 0. The van der Waals surface area contributed by atoms with Crippen molar-refractivity contribution in [2.45, 2.75) is 64.5 Å². The summed E-state index contributed by atoms with van der Waals surface area (Å²) in [6.07, 6.45) is 6.75. The maximum absolute atomic E-state index is 13.4. The minimum Gasteiger partial charge on any atom is -0.351 e. The van der Waals surface area contributed by atoms with Crippen LogP contribution in [0.5, 0.6) is 0 Å². The Morgan fingerprint density at radius 3 is 1.97 bits per heavy atom. The maximum Gasteiger partial charge on any atom is 0.262 e. The second kappa shape index (κ2) is 6.96. The molecule has 5 heteroatoms. The molecule has 5 nitrogen and oxygen atoms in total. The van der Waals surface area contributed by atoms with Crippen LogP contribution in [0, 0.1) is 29.6 Å². The van der Waals surface area contributed by atoms with Gasteiger partial charge in [0.05, 0.1) is 11.1 Å². The first-order valence-corrected chi connectivity index (χ1v) is 11.2. The third-order valence-electron chi connectivity index (χ3n) is 7.67. The van der Waals surface area contributed by atoms with Gasteiger partial charge >= 0.3 is 0 Å². The van der Waals surface area contributed by atoms with E-state index in [1.807, 2.05) is 13.8 Å². The van der Waals surface area contributed by atoms with Gasteiger partial charge in [0.2, 0.25) is 5.91 Å². The van der Waals surface area contributed by atoms with Crippen molar-refractivity contribution in [1.82, 2.24) is 10.2 Å². The predicted molar refractivity (Wildman–Crippen MR) is 109 cm³/mol. The largest absolute Gasteiger partial charge is 0.351 e. The molecule has 0 unspecified atom stereocenters. The Morgan fingerprint density at radius 2 is 1.48 bits per heavy atom. The van der Waals surface area contributed by atoms with Gasteiger partial charge in [0.25, 0.3) is 11.8 Å². The van der Waals surface area contributed by atoms with E-state index < -0.39 is 6.04 Å². The van der Waals surface area contributed by atoms with E-state index in [0.717, 1.165) is 11.8 Å². The van der Waals surface area contributed by atoms with Crippen LogP contribution in [0.15, 0.2) is 24.3 Å². The number of fused-ring (bicyclic) bond motifs is 1. The molecule has 1 aromatic rings. The Hall–Kier alpha value is -2.17. The topological polar surface area (TPSA) is 66.5 Å². The Kier molecular flexibility index (Phi) is 4.52. The Bertz CT molecular complexity index is 798. The monoisotopic (exact) mass is 394 g/mol. The summed E-state index contributed by atoms with van der Waals surface area (Å²) in [4.78, 5) is 40.7. The van der Waals surface area contributed by atoms with Crippen molar-refractivity contribution in [2.24, 2.45) is 29.6 Å². The average molecular weight is 395 g/mol.